The van der Waals surface area contributed by atoms with Crippen molar-refractivity contribution < 1.29 is 14.5 Å². The monoisotopic (exact) mass is 385 g/mol. The molecule has 0 fully saturated rings. The molecular weight excluding hydrogens is 366 g/mol. The summed E-state index contributed by atoms with van der Waals surface area (Å²) in [6, 6.07) is 12.7. The molecule has 2 rings (SSSR count). The van der Waals surface area contributed by atoms with Crippen LogP contribution in [0, 0.1) is 10.1 Å². The van der Waals surface area contributed by atoms with Gasteiger partial charge in [-0.2, -0.15) is 0 Å². The third-order valence-electron chi connectivity index (χ3n) is 3.57. The van der Waals surface area contributed by atoms with Gasteiger partial charge in [-0.1, -0.05) is 18.2 Å². The smallest absolute Gasteiger partial charge is 0.269 e. The molecule has 2 amide bonds. The fourth-order valence-corrected chi connectivity index (χ4v) is 3.06. The normalized spacial score (nSPS) is 11.3. The second kappa shape index (κ2) is 9.54. The van der Waals surface area contributed by atoms with Gasteiger partial charge in [0.2, 0.25) is 5.91 Å². The van der Waals surface area contributed by atoms with Gasteiger partial charge in [0, 0.05) is 23.6 Å². The molecule has 0 bridgehead atoms. The van der Waals surface area contributed by atoms with Crippen LogP contribution in [0.5, 0.6) is 0 Å². The molecule has 1 atom stereocenters. The number of amides is 2. The van der Waals surface area contributed by atoms with Crippen molar-refractivity contribution in [1.29, 1.82) is 0 Å². The molecule has 0 aliphatic rings. The summed E-state index contributed by atoms with van der Waals surface area (Å²) in [6.07, 6.45) is 1.57. The lowest BCUT2D eigenvalue weighted by atomic mass is 10.1. The number of nitrogens with one attached hydrogen (secondary N) is 2. The van der Waals surface area contributed by atoms with Gasteiger partial charge in [0.15, 0.2) is 0 Å². The molecule has 2 N–H and O–H groups in total. The first-order chi connectivity index (χ1) is 12.9. The molecular formula is C19H19N3O4S. The largest absolute Gasteiger partial charge is 0.349 e. The van der Waals surface area contributed by atoms with Crippen LogP contribution in [0.1, 0.15) is 17.3 Å². The van der Waals surface area contributed by atoms with E-state index in [4.69, 9.17) is 0 Å². The van der Waals surface area contributed by atoms with Crippen LogP contribution in [0.3, 0.4) is 0 Å². The van der Waals surface area contributed by atoms with Gasteiger partial charge in [0.1, 0.15) is 0 Å². The van der Waals surface area contributed by atoms with Crippen LogP contribution in [0.15, 0.2) is 66.1 Å². The van der Waals surface area contributed by atoms with Gasteiger partial charge in [0.05, 0.1) is 21.4 Å². The van der Waals surface area contributed by atoms with Crippen molar-refractivity contribution in [3.63, 3.8) is 0 Å². The van der Waals surface area contributed by atoms with Crippen LogP contribution < -0.4 is 10.6 Å². The number of nitro groups is 1. The third-order valence-corrected chi connectivity index (χ3v) is 4.68. The number of carbonyl (C=O) groups excluding carboxylic acids is 2. The predicted octanol–water partition coefficient (Wildman–Crippen LogP) is 3.63. The van der Waals surface area contributed by atoms with Crippen molar-refractivity contribution in [2.24, 2.45) is 0 Å². The van der Waals surface area contributed by atoms with Gasteiger partial charge in [-0.15, -0.1) is 18.3 Å². The van der Waals surface area contributed by atoms with E-state index in [0.717, 1.165) is 4.90 Å². The molecule has 0 radical (unpaired) electrons. The highest BCUT2D eigenvalue weighted by atomic mass is 32.2. The number of para-hydroxylation sites is 1. The Kier molecular flexibility index (Phi) is 7.13. The number of non-ortho nitro benzene ring substituents is 1. The number of nitrogens with zero attached hydrogens (tertiary/aromatic N) is 1. The Morgan fingerprint density at radius 1 is 1.22 bits per heavy atom. The molecule has 0 saturated heterocycles. The summed E-state index contributed by atoms with van der Waals surface area (Å²) in [7, 11) is 0. The van der Waals surface area contributed by atoms with Crippen molar-refractivity contribution in [2.45, 2.75) is 17.1 Å². The Balaban J connectivity index is 2.05. The minimum atomic E-state index is -0.473. The van der Waals surface area contributed by atoms with Crippen molar-refractivity contribution >= 4 is 35.0 Å². The van der Waals surface area contributed by atoms with Crippen molar-refractivity contribution in [1.82, 2.24) is 5.32 Å². The molecule has 0 aliphatic heterocycles. The molecule has 0 aliphatic carbocycles. The number of anilines is 1. The molecule has 2 aromatic rings. The number of nitro benzene ring substituents is 1. The zero-order valence-electron chi connectivity index (χ0n) is 14.7. The second-order valence-electron chi connectivity index (χ2n) is 5.54. The van der Waals surface area contributed by atoms with Crippen LogP contribution in [0.2, 0.25) is 0 Å². The number of carbonyl (C=O) groups is 2. The maximum absolute atomic E-state index is 12.5. The highest BCUT2D eigenvalue weighted by Crippen LogP contribution is 2.26. The molecule has 27 heavy (non-hydrogen) atoms. The molecule has 7 nitrogen and oxygen atoms in total. The second-order valence-corrected chi connectivity index (χ2v) is 6.96. The van der Waals surface area contributed by atoms with E-state index in [1.807, 2.05) is 0 Å². The lowest BCUT2D eigenvalue weighted by molar-refractivity contribution is -0.384. The predicted molar refractivity (Wildman–Crippen MR) is 106 cm³/mol. The van der Waals surface area contributed by atoms with E-state index in [2.05, 4.69) is 17.2 Å². The standard InChI is InChI=1S/C19H19N3O4S/c1-3-12-20-19(24)16-6-4-5-7-17(16)21-18(23)13(2)27-15-10-8-14(9-11-15)22(25)26/h3-11,13H,1,12H2,2H3,(H,20,24)(H,21,23). The first-order valence-electron chi connectivity index (χ1n) is 8.12. The summed E-state index contributed by atoms with van der Waals surface area (Å²) < 4.78 is 0. The summed E-state index contributed by atoms with van der Waals surface area (Å²) in [4.78, 5) is 35.6. The van der Waals surface area contributed by atoms with E-state index in [9.17, 15) is 19.7 Å². The number of benzene rings is 2. The molecule has 1 unspecified atom stereocenters. The third kappa shape index (κ3) is 5.68. The number of hydrogen-bond acceptors (Lipinski definition) is 5. The SMILES string of the molecule is C=CCNC(=O)c1ccccc1NC(=O)C(C)Sc1ccc([N+](=O)[O-])cc1. The molecule has 0 aromatic heterocycles. The van der Waals surface area contributed by atoms with Gasteiger partial charge >= 0.3 is 0 Å². The van der Waals surface area contributed by atoms with Gasteiger partial charge in [-0.05, 0) is 31.2 Å². The Hall–Kier alpha value is -3.13. The molecule has 0 spiro atoms. The van der Waals surface area contributed by atoms with Crippen molar-refractivity contribution in [2.75, 3.05) is 11.9 Å². The van der Waals surface area contributed by atoms with Gasteiger partial charge in [-0.3, -0.25) is 19.7 Å². The quantitative estimate of drug-likeness (QED) is 0.313. The average molecular weight is 385 g/mol. The Labute approximate surface area is 161 Å². The van der Waals surface area contributed by atoms with Gasteiger partial charge in [0.25, 0.3) is 11.6 Å². The highest BCUT2D eigenvalue weighted by molar-refractivity contribution is 8.00. The maximum atomic E-state index is 12.5. The van der Waals surface area contributed by atoms with E-state index in [1.54, 1.807) is 49.4 Å². The van der Waals surface area contributed by atoms with E-state index < -0.39 is 10.2 Å². The Bertz CT molecular complexity index is 852. The van der Waals surface area contributed by atoms with Crippen LogP contribution >= 0.6 is 11.8 Å². The zero-order chi connectivity index (χ0) is 19.8. The Morgan fingerprint density at radius 2 is 1.89 bits per heavy atom. The lowest BCUT2D eigenvalue weighted by Crippen LogP contribution is -2.27. The maximum Gasteiger partial charge on any atom is 0.269 e. The molecule has 2 aromatic carbocycles. The van der Waals surface area contributed by atoms with Crippen LogP contribution in [-0.4, -0.2) is 28.5 Å². The lowest BCUT2D eigenvalue weighted by Gasteiger charge is -2.14. The summed E-state index contributed by atoms with van der Waals surface area (Å²) in [5, 5.41) is 15.7. The van der Waals surface area contributed by atoms with Crippen molar-refractivity contribution in [3.8, 4) is 0 Å². The van der Waals surface area contributed by atoms with Gasteiger partial charge < -0.3 is 10.6 Å². The van der Waals surface area contributed by atoms with Crippen LogP contribution in [0.4, 0.5) is 11.4 Å². The van der Waals surface area contributed by atoms with Crippen molar-refractivity contribution in [3.05, 3.63) is 76.9 Å². The Morgan fingerprint density at radius 3 is 2.52 bits per heavy atom. The molecule has 140 valence electrons. The molecule has 0 heterocycles. The van der Waals surface area contributed by atoms with E-state index in [1.165, 1.54) is 23.9 Å². The molecule has 0 saturated carbocycles. The fourth-order valence-electron chi connectivity index (χ4n) is 2.19. The van der Waals surface area contributed by atoms with E-state index >= 15 is 0 Å². The number of thioether (sulfide) groups is 1. The summed E-state index contributed by atoms with van der Waals surface area (Å²) in [6.45, 7) is 5.60. The fraction of sp³-hybridized carbons (Fsp3) is 0.158. The van der Waals surface area contributed by atoms with Crippen LogP contribution in [0.25, 0.3) is 0 Å². The van der Waals surface area contributed by atoms with Gasteiger partial charge in [-0.25, -0.2) is 0 Å². The molecule has 8 heteroatoms. The first kappa shape index (κ1) is 20.2. The first-order valence-corrected chi connectivity index (χ1v) is 9.00. The highest BCUT2D eigenvalue weighted by Gasteiger charge is 2.18. The zero-order valence-corrected chi connectivity index (χ0v) is 15.5. The topological polar surface area (TPSA) is 101 Å². The van der Waals surface area contributed by atoms with E-state index in [-0.39, 0.29) is 17.5 Å². The summed E-state index contributed by atoms with van der Waals surface area (Å²) in [5.41, 5.74) is 0.774. The average Bonchev–Trinajstić information content (AvgIpc) is 2.66. The van der Waals surface area contributed by atoms with E-state index in [0.29, 0.717) is 17.8 Å². The summed E-state index contributed by atoms with van der Waals surface area (Å²) >= 11 is 1.27. The number of rotatable bonds is 8. The summed E-state index contributed by atoms with van der Waals surface area (Å²) in [5.74, 6) is -0.580. The number of hydrogen-bond donors (Lipinski definition) is 2. The van der Waals surface area contributed by atoms with Crippen LogP contribution in [-0.2, 0) is 4.79 Å². The minimum Gasteiger partial charge on any atom is -0.349 e. The minimum absolute atomic E-state index is 0.00378.